The molecule has 0 radical (unpaired) electrons. The summed E-state index contributed by atoms with van der Waals surface area (Å²) >= 11 is 0. The lowest BCUT2D eigenvalue weighted by Crippen LogP contribution is -2.25. The van der Waals surface area contributed by atoms with Crippen molar-refractivity contribution in [3.8, 4) is 11.8 Å². The van der Waals surface area contributed by atoms with E-state index in [1.54, 1.807) is 0 Å². The van der Waals surface area contributed by atoms with Gasteiger partial charge in [-0.3, -0.25) is 4.79 Å². The second kappa shape index (κ2) is 6.47. The molecule has 1 aliphatic heterocycles. The highest BCUT2D eigenvalue weighted by Gasteiger charge is 2.18. The predicted octanol–water partition coefficient (Wildman–Crippen LogP) is 0.858. The molecule has 0 aliphatic carbocycles. The summed E-state index contributed by atoms with van der Waals surface area (Å²) in [4.78, 5) is 13.1. The standard InChI is InChI=1S/C12H20N2O/c1-11(2)10-13-7-3-4-8-14-9-5-6-12(14)15/h11,13H,5-10H2,1-2H3. The molecule has 84 valence electrons. The molecule has 15 heavy (non-hydrogen) atoms. The Morgan fingerprint density at radius 1 is 1.47 bits per heavy atom. The van der Waals surface area contributed by atoms with Gasteiger partial charge in [0.05, 0.1) is 13.1 Å². The lowest BCUT2D eigenvalue weighted by molar-refractivity contribution is -0.127. The molecule has 1 fully saturated rings. The van der Waals surface area contributed by atoms with Crippen LogP contribution in [0.15, 0.2) is 0 Å². The maximum Gasteiger partial charge on any atom is 0.223 e. The molecule has 0 aromatic carbocycles. The monoisotopic (exact) mass is 208 g/mol. The van der Waals surface area contributed by atoms with Crippen molar-refractivity contribution in [2.24, 2.45) is 5.92 Å². The summed E-state index contributed by atoms with van der Waals surface area (Å²) in [7, 11) is 0. The molecule has 1 heterocycles. The van der Waals surface area contributed by atoms with E-state index in [1.165, 1.54) is 0 Å². The zero-order chi connectivity index (χ0) is 11.1. The maximum atomic E-state index is 11.2. The van der Waals surface area contributed by atoms with E-state index in [9.17, 15) is 4.79 Å². The third-order valence-corrected chi connectivity index (χ3v) is 2.33. The molecule has 3 heteroatoms. The van der Waals surface area contributed by atoms with Crippen LogP contribution in [0.1, 0.15) is 26.7 Å². The average Bonchev–Trinajstić information content (AvgIpc) is 2.57. The van der Waals surface area contributed by atoms with Crippen molar-refractivity contribution in [2.75, 3.05) is 26.2 Å². The van der Waals surface area contributed by atoms with Crippen LogP contribution < -0.4 is 5.32 Å². The fourth-order valence-corrected chi connectivity index (χ4v) is 1.51. The second-order valence-corrected chi connectivity index (χ2v) is 4.30. The van der Waals surface area contributed by atoms with Gasteiger partial charge in [-0.05, 0) is 18.9 Å². The number of hydrogen-bond donors (Lipinski definition) is 1. The molecule has 1 saturated heterocycles. The van der Waals surface area contributed by atoms with Crippen LogP contribution in [0.4, 0.5) is 0 Å². The molecule has 0 saturated carbocycles. The van der Waals surface area contributed by atoms with Crippen molar-refractivity contribution in [1.29, 1.82) is 0 Å². The van der Waals surface area contributed by atoms with Gasteiger partial charge >= 0.3 is 0 Å². The van der Waals surface area contributed by atoms with E-state index < -0.39 is 0 Å². The molecule has 0 aromatic heterocycles. The van der Waals surface area contributed by atoms with Gasteiger partial charge in [-0.1, -0.05) is 25.7 Å². The molecule has 1 rings (SSSR count). The van der Waals surface area contributed by atoms with Crippen LogP contribution in [0.3, 0.4) is 0 Å². The molecule has 1 aliphatic rings. The maximum absolute atomic E-state index is 11.2. The molecule has 0 atom stereocenters. The number of carbonyl (C=O) groups is 1. The summed E-state index contributed by atoms with van der Waals surface area (Å²) < 4.78 is 0. The number of carbonyl (C=O) groups excluding carboxylic acids is 1. The molecule has 1 amide bonds. The van der Waals surface area contributed by atoms with Crippen molar-refractivity contribution in [3.05, 3.63) is 0 Å². The normalized spacial score (nSPS) is 15.7. The van der Waals surface area contributed by atoms with Crippen LogP contribution in [-0.2, 0) is 4.79 Å². The van der Waals surface area contributed by atoms with Crippen molar-refractivity contribution in [3.63, 3.8) is 0 Å². The number of nitrogens with one attached hydrogen (secondary N) is 1. The fraction of sp³-hybridized carbons (Fsp3) is 0.750. The first kappa shape index (κ1) is 12.1. The van der Waals surface area contributed by atoms with Gasteiger partial charge in [0.2, 0.25) is 5.91 Å². The third-order valence-electron chi connectivity index (χ3n) is 2.33. The largest absolute Gasteiger partial charge is 0.332 e. The summed E-state index contributed by atoms with van der Waals surface area (Å²) in [5.74, 6) is 6.97. The molecular formula is C12H20N2O. The van der Waals surface area contributed by atoms with E-state index in [2.05, 4.69) is 31.0 Å². The Kier molecular flexibility index (Phi) is 5.20. The number of hydrogen-bond acceptors (Lipinski definition) is 2. The summed E-state index contributed by atoms with van der Waals surface area (Å²) in [5.41, 5.74) is 0. The second-order valence-electron chi connectivity index (χ2n) is 4.30. The lowest BCUT2D eigenvalue weighted by Gasteiger charge is -2.10. The fourth-order valence-electron chi connectivity index (χ4n) is 1.51. The third kappa shape index (κ3) is 4.85. The van der Waals surface area contributed by atoms with Crippen LogP contribution in [0.2, 0.25) is 0 Å². The zero-order valence-electron chi connectivity index (χ0n) is 9.68. The number of rotatable bonds is 4. The van der Waals surface area contributed by atoms with Gasteiger partial charge in [-0.25, -0.2) is 0 Å². The minimum Gasteiger partial charge on any atom is -0.332 e. The first-order chi connectivity index (χ1) is 7.20. The first-order valence-corrected chi connectivity index (χ1v) is 5.64. The summed E-state index contributed by atoms with van der Waals surface area (Å²) in [6, 6.07) is 0. The molecule has 0 bridgehead atoms. The summed E-state index contributed by atoms with van der Waals surface area (Å²) in [5, 5.41) is 3.24. The van der Waals surface area contributed by atoms with Gasteiger partial charge in [0.25, 0.3) is 0 Å². The number of amides is 1. The van der Waals surface area contributed by atoms with Crippen molar-refractivity contribution in [1.82, 2.24) is 10.2 Å². The Labute approximate surface area is 92.2 Å². The van der Waals surface area contributed by atoms with Gasteiger partial charge in [-0.2, -0.15) is 0 Å². The SMILES string of the molecule is CC(C)CNCC#CCN1CCCC1=O. The highest BCUT2D eigenvalue weighted by atomic mass is 16.2. The lowest BCUT2D eigenvalue weighted by atomic mass is 10.2. The predicted molar refractivity (Wildman–Crippen MR) is 61.3 cm³/mol. The van der Waals surface area contributed by atoms with E-state index in [4.69, 9.17) is 0 Å². The molecule has 0 aromatic rings. The molecule has 3 nitrogen and oxygen atoms in total. The van der Waals surface area contributed by atoms with Crippen LogP contribution in [0, 0.1) is 17.8 Å². The summed E-state index contributed by atoms with van der Waals surface area (Å²) in [6.07, 6.45) is 1.69. The zero-order valence-corrected chi connectivity index (χ0v) is 9.68. The Morgan fingerprint density at radius 3 is 2.87 bits per heavy atom. The Hall–Kier alpha value is -1.01. The highest BCUT2D eigenvalue weighted by molar-refractivity contribution is 5.78. The highest BCUT2D eigenvalue weighted by Crippen LogP contribution is 2.07. The van der Waals surface area contributed by atoms with Gasteiger partial charge in [0.15, 0.2) is 0 Å². The van der Waals surface area contributed by atoms with Crippen molar-refractivity contribution >= 4 is 5.91 Å². The van der Waals surface area contributed by atoms with Crippen molar-refractivity contribution in [2.45, 2.75) is 26.7 Å². The smallest absolute Gasteiger partial charge is 0.223 e. The molecule has 0 unspecified atom stereocenters. The van der Waals surface area contributed by atoms with E-state index in [-0.39, 0.29) is 5.91 Å². The average molecular weight is 208 g/mol. The first-order valence-electron chi connectivity index (χ1n) is 5.64. The Bertz CT molecular complexity index is 263. The number of nitrogens with zero attached hydrogens (tertiary/aromatic N) is 1. The van der Waals surface area contributed by atoms with Gasteiger partial charge in [0.1, 0.15) is 0 Å². The Morgan fingerprint density at radius 2 is 2.27 bits per heavy atom. The quantitative estimate of drug-likeness (QED) is 0.549. The van der Waals surface area contributed by atoms with E-state index in [0.717, 1.165) is 26.1 Å². The van der Waals surface area contributed by atoms with Crippen LogP contribution in [-0.4, -0.2) is 37.0 Å². The number of likely N-dealkylation sites (tertiary alicyclic amines) is 1. The minimum absolute atomic E-state index is 0.249. The van der Waals surface area contributed by atoms with Gasteiger partial charge in [0, 0.05) is 13.0 Å². The van der Waals surface area contributed by atoms with Crippen molar-refractivity contribution < 1.29 is 4.79 Å². The summed E-state index contributed by atoms with van der Waals surface area (Å²) in [6.45, 7) is 7.54. The van der Waals surface area contributed by atoms with E-state index >= 15 is 0 Å². The van der Waals surface area contributed by atoms with E-state index in [1.807, 2.05) is 4.90 Å². The van der Waals surface area contributed by atoms with Gasteiger partial charge in [-0.15, -0.1) is 0 Å². The van der Waals surface area contributed by atoms with Crippen LogP contribution in [0.25, 0.3) is 0 Å². The molecule has 0 spiro atoms. The molecular weight excluding hydrogens is 188 g/mol. The van der Waals surface area contributed by atoms with Gasteiger partial charge < -0.3 is 10.2 Å². The molecule has 1 N–H and O–H groups in total. The van der Waals surface area contributed by atoms with E-state index in [0.29, 0.717) is 18.9 Å². The minimum atomic E-state index is 0.249. The van der Waals surface area contributed by atoms with Crippen LogP contribution >= 0.6 is 0 Å². The van der Waals surface area contributed by atoms with Crippen LogP contribution in [0.5, 0.6) is 0 Å². The Balaban J connectivity index is 2.08. The topological polar surface area (TPSA) is 32.3 Å².